The van der Waals surface area contributed by atoms with E-state index in [1.807, 2.05) is 17.0 Å². The fourth-order valence-electron chi connectivity index (χ4n) is 3.50. The number of nitrogens with zero attached hydrogens (tertiary/aromatic N) is 1. The first kappa shape index (κ1) is 11.9. The second-order valence-corrected chi connectivity index (χ2v) is 5.65. The predicted octanol–water partition coefficient (Wildman–Crippen LogP) is 3.11. The molecule has 2 aromatic rings. The Morgan fingerprint density at radius 2 is 2.00 bits per heavy atom. The van der Waals surface area contributed by atoms with Gasteiger partial charge < -0.3 is 9.64 Å². The van der Waals surface area contributed by atoms with Gasteiger partial charge in [-0.25, -0.2) is 0 Å². The van der Waals surface area contributed by atoms with E-state index in [-0.39, 0.29) is 24.1 Å². The van der Waals surface area contributed by atoms with Crippen LogP contribution in [0.1, 0.15) is 24.9 Å². The Kier molecular flexibility index (Phi) is 2.57. The summed E-state index contributed by atoms with van der Waals surface area (Å²) in [5, 5.41) is 2.44. The Morgan fingerprint density at radius 1 is 1.20 bits per heavy atom. The van der Waals surface area contributed by atoms with Gasteiger partial charge in [0.25, 0.3) is 0 Å². The van der Waals surface area contributed by atoms with E-state index in [1.54, 1.807) is 0 Å². The van der Waals surface area contributed by atoms with Crippen molar-refractivity contribution >= 4 is 16.7 Å². The second kappa shape index (κ2) is 4.32. The Labute approximate surface area is 118 Å². The predicted molar refractivity (Wildman–Crippen MR) is 77.1 cm³/mol. The van der Waals surface area contributed by atoms with Gasteiger partial charge in [0.05, 0.1) is 18.6 Å². The van der Waals surface area contributed by atoms with Crippen LogP contribution in [0.2, 0.25) is 0 Å². The molecule has 0 aromatic heterocycles. The quantitative estimate of drug-likeness (QED) is 0.782. The van der Waals surface area contributed by atoms with Gasteiger partial charge in [0.1, 0.15) is 6.23 Å². The van der Waals surface area contributed by atoms with Gasteiger partial charge in [0.15, 0.2) is 0 Å². The van der Waals surface area contributed by atoms with Gasteiger partial charge in [-0.1, -0.05) is 42.5 Å². The molecular weight excluding hydrogens is 250 g/mol. The molecule has 102 valence electrons. The molecule has 1 amide bonds. The summed E-state index contributed by atoms with van der Waals surface area (Å²) in [5.41, 5.74) is 1.20. The van der Waals surface area contributed by atoms with Crippen LogP contribution in [0.5, 0.6) is 0 Å². The first-order valence-electron chi connectivity index (χ1n) is 7.19. The van der Waals surface area contributed by atoms with Crippen molar-refractivity contribution in [3.63, 3.8) is 0 Å². The van der Waals surface area contributed by atoms with Crippen molar-refractivity contribution in [2.45, 2.75) is 25.6 Å². The molecule has 2 aliphatic rings. The third-order valence-electron chi connectivity index (χ3n) is 4.60. The van der Waals surface area contributed by atoms with Crippen molar-refractivity contribution in [1.29, 1.82) is 0 Å². The maximum Gasteiger partial charge on any atom is 0.232 e. The van der Waals surface area contributed by atoms with Gasteiger partial charge in [-0.05, 0) is 29.7 Å². The average Bonchev–Trinajstić information content (AvgIpc) is 2.90. The molecule has 2 heterocycles. The number of likely N-dealkylation sites (tertiary alicyclic amines) is 1. The lowest BCUT2D eigenvalue weighted by atomic mass is 9.89. The molecule has 0 unspecified atom stereocenters. The number of hydrogen-bond acceptors (Lipinski definition) is 2. The average molecular weight is 267 g/mol. The second-order valence-electron chi connectivity index (χ2n) is 5.65. The van der Waals surface area contributed by atoms with E-state index in [9.17, 15) is 4.79 Å². The van der Waals surface area contributed by atoms with E-state index in [2.05, 4.69) is 37.3 Å². The highest BCUT2D eigenvalue weighted by molar-refractivity contribution is 5.89. The number of rotatable bonds is 2. The maximum absolute atomic E-state index is 12.2. The molecule has 4 rings (SSSR count). The minimum absolute atomic E-state index is 0.00327. The van der Waals surface area contributed by atoms with E-state index >= 15 is 0 Å². The number of β-lactam (4-membered cyclic amide) rings is 1. The summed E-state index contributed by atoms with van der Waals surface area (Å²) < 4.78 is 5.69. The molecule has 0 N–H and O–H groups in total. The monoisotopic (exact) mass is 267 g/mol. The van der Waals surface area contributed by atoms with Gasteiger partial charge >= 0.3 is 0 Å². The summed E-state index contributed by atoms with van der Waals surface area (Å²) in [6, 6.07) is 14.7. The lowest BCUT2D eigenvalue weighted by molar-refractivity contribution is -0.181. The standard InChI is InChI=1S/C17H17NO2/c1-11(18-16(19)15-9-10-20-17(15)18)13-8-4-6-12-5-2-3-7-14(12)13/h2-8,11,15,17H,9-10H2,1H3/t11-,15-,17-/m0/s1. The molecule has 2 aliphatic heterocycles. The molecule has 0 bridgehead atoms. The van der Waals surface area contributed by atoms with Gasteiger partial charge in [-0.2, -0.15) is 0 Å². The Hall–Kier alpha value is -1.87. The summed E-state index contributed by atoms with van der Waals surface area (Å²) in [6.07, 6.45) is 0.874. The van der Waals surface area contributed by atoms with Crippen molar-refractivity contribution in [3.8, 4) is 0 Å². The van der Waals surface area contributed by atoms with E-state index in [4.69, 9.17) is 4.74 Å². The zero-order valence-corrected chi connectivity index (χ0v) is 11.5. The van der Waals surface area contributed by atoms with Crippen molar-refractivity contribution < 1.29 is 9.53 Å². The summed E-state index contributed by atoms with van der Waals surface area (Å²) in [5.74, 6) is 0.348. The number of benzene rings is 2. The number of carbonyl (C=O) groups excluding carboxylic acids is 1. The number of hydrogen-bond donors (Lipinski definition) is 0. The van der Waals surface area contributed by atoms with Crippen LogP contribution < -0.4 is 0 Å². The van der Waals surface area contributed by atoms with Crippen molar-refractivity contribution in [2.24, 2.45) is 5.92 Å². The topological polar surface area (TPSA) is 29.5 Å². The highest BCUT2D eigenvalue weighted by Crippen LogP contribution is 2.42. The number of fused-ring (bicyclic) bond motifs is 2. The summed E-state index contributed by atoms with van der Waals surface area (Å²) in [6.45, 7) is 2.80. The lowest BCUT2D eigenvalue weighted by Gasteiger charge is -2.46. The Bertz CT molecular complexity index is 676. The molecule has 2 aromatic carbocycles. The molecular formula is C17H17NO2. The maximum atomic E-state index is 12.2. The zero-order valence-electron chi connectivity index (χ0n) is 11.5. The van der Waals surface area contributed by atoms with Crippen LogP contribution in [-0.4, -0.2) is 23.6 Å². The largest absolute Gasteiger partial charge is 0.357 e. The molecule has 0 saturated carbocycles. The first-order chi connectivity index (χ1) is 9.77. The van der Waals surface area contributed by atoms with Crippen LogP contribution >= 0.6 is 0 Å². The van der Waals surface area contributed by atoms with Gasteiger partial charge in [0, 0.05) is 0 Å². The third kappa shape index (κ3) is 1.53. The molecule has 2 saturated heterocycles. The smallest absolute Gasteiger partial charge is 0.232 e. The molecule has 2 fully saturated rings. The Morgan fingerprint density at radius 3 is 2.90 bits per heavy atom. The SMILES string of the molecule is C[C@@H](c1cccc2ccccc12)N1C(=O)[C@@H]2CCO[C@@H]21. The number of amides is 1. The highest BCUT2D eigenvalue weighted by atomic mass is 16.5. The number of carbonyl (C=O) groups is 1. The molecule has 3 heteroatoms. The fourth-order valence-corrected chi connectivity index (χ4v) is 3.50. The van der Waals surface area contributed by atoms with Crippen LogP contribution in [0.4, 0.5) is 0 Å². The molecule has 0 spiro atoms. The summed E-state index contributed by atoms with van der Waals surface area (Å²) in [4.78, 5) is 14.1. The summed E-state index contributed by atoms with van der Waals surface area (Å²) >= 11 is 0. The minimum Gasteiger partial charge on any atom is -0.357 e. The molecule has 0 radical (unpaired) electrons. The van der Waals surface area contributed by atoms with Crippen molar-refractivity contribution in [2.75, 3.05) is 6.61 Å². The normalized spacial score (nSPS) is 26.4. The van der Waals surface area contributed by atoms with E-state index in [0.717, 1.165) is 6.42 Å². The Balaban J connectivity index is 1.74. The fraction of sp³-hybridized carbons (Fsp3) is 0.353. The van der Waals surface area contributed by atoms with E-state index in [1.165, 1.54) is 16.3 Å². The van der Waals surface area contributed by atoms with Crippen LogP contribution in [0, 0.1) is 5.92 Å². The first-order valence-corrected chi connectivity index (χ1v) is 7.19. The third-order valence-corrected chi connectivity index (χ3v) is 4.60. The highest BCUT2D eigenvalue weighted by Gasteiger charge is 2.53. The van der Waals surface area contributed by atoms with Crippen LogP contribution in [-0.2, 0) is 9.53 Å². The molecule has 20 heavy (non-hydrogen) atoms. The molecule has 3 atom stereocenters. The van der Waals surface area contributed by atoms with Crippen molar-refractivity contribution in [3.05, 3.63) is 48.0 Å². The van der Waals surface area contributed by atoms with E-state index in [0.29, 0.717) is 6.61 Å². The zero-order chi connectivity index (χ0) is 13.7. The molecule has 0 aliphatic carbocycles. The number of ether oxygens (including phenoxy) is 1. The van der Waals surface area contributed by atoms with Gasteiger partial charge in [-0.15, -0.1) is 0 Å². The molecule has 3 nitrogen and oxygen atoms in total. The summed E-state index contributed by atoms with van der Waals surface area (Å²) in [7, 11) is 0. The van der Waals surface area contributed by atoms with E-state index < -0.39 is 0 Å². The van der Waals surface area contributed by atoms with Crippen LogP contribution in [0.15, 0.2) is 42.5 Å². The lowest BCUT2D eigenvalue weighted by Crippen LogP contribution is -2.59. The van der Waals surface area contributed by atoms with Crippen LogP contribution in [0.3, 0.4) is 0 Å². The van der Waals surface area contributed by atoms with Gasteiger partial charge in [0.2, 0.25) is 5.91 Å². The van der Waals surface area contributed by atoms with Crippen LogP contribution in [0.25, 0.3) is 10.8 Å². The van der Waals surface area contributed by atoms with Gasteiger partial charge in [-0.3, -0.25) is 4.79 Å². The van der Waals surface area contributed by atoms with Crippen molar-refractivity contribution in [1.82, 2.24) is 4.90 Å². The minimum atomic E-state index is -0.00327.